The molecule has 0 aliphatic rings. The van der Waals surface area contributed by atoms with Gasteiger partial charge >= 0.3 is 12.0 Å². The van der Waals surface area contributed by atoms with Gasteiger partial charge < -0.3 is 25.2 Å². The summed E-state index contributed by atoms with van der Waals surface area (Å²) in [5.41, 5.74) is -1.18. The van der Waals surface area contributed by atoms with Crippen LogP contribution < -0.4 is 10.1 Å². The molecule has 116 valence electrons. The van der Waals surface area contributed by atoms with Gasteiger partial charge in [0.1, 0.15) is 5.75 Å². The Morgan fingerprint density at radius 3 is 2.57 bits per heavy atom. The van der Waals surface area contributed by atoms with Crippen LogP contribution in [0.25, 0.3) is 0 Å². The summed E-state index contributed by atoms with van der Waals surface area (Å²) in [5.74, 6) is -0.732. The molecule has 0 aromatic heterocycles. The number of urea groups is 1. The van der Waals surface area contributed by atoms with Crippen LogP contribution in [0.1, 0.15) is 12.5 Å². The highest BCUT2D eigenvalue weighted by molar-refractivity contribution is 5.79. The molecule has 1 unspecified atom stereocenters. The van der Waals surface area contributed by atoms with Gasteiger partial charge in [-0.15, -0.1) is 0 Å². The van der Waals surface area contributed by atoms with Gasteiger partial charge in [-0.05, 0) is 13.0 Å². The normalized spacial score (nSPS) is 13.1. The molecule has 0 aliphatic carbocycles. The van der Waals surface area contributed by atoms with E-state index in [1.165, 1.54) is 4.90 Å². The van der Waals surface area contributed by atoms with Crippen LogP contribution in [0.15, 0.2) is 24.3 Å². The van der Waals surface area contributed by atoms with Crippen LogP contribution in [0.3, 0.4) is 0 Å². The molecule has 0 fully saturated rings. The van der Waals surface area contributed by atoms with Crippen molar-refractivity contribution in [1.82, 2.24) is 10.2 Å². The molecule has 7 heteroatoms. The van der Waals surface area contributed by atoms with Crippen molar-refractivity contribution in [2.75, 3.05) is 20.7 Å². The fourth-order valence-corrected chi connectivity index (χ4v) is 1.62. The second kappa shape index (κ2) is 6.94. The summed E-state index contributed by atoms with van der Waals surface area (Å²) in [6.07, 6.45) is 0. The fourth-order valence-electron chi connectivity index (χ4n) is 1.62. The van der Waals surface area contributed by atoms with Crippen LogP contribution in [0.4, 0.5) is 4.79 Å². The number of hydrogen-bond acceptors (Lipinski definition) is 4. The van der Waals surface area contributed by atoms with Gasteiger partial charge in [-0.2, -0.15) is 0 Å². The average molecular weight is 296 g/mol. The number of benzene rings is 1. The first kappa shape index (κ1) is 16.8. The van der Waals surface area contributed by atoms with Gasteiger partial charge in [0.05, 0.1) is 20.2 Å². The predicted molar refractivity (Wildman–Crippen MR) is 76.1 cm³/mol. The number of nitrogens with zero attached hydrogens (tertiary/aromatic N) is 1. The number of carboxylic acid groups (broad SMARTS) is 1. The number of rotatable bonds is 6. The second-order valence-corrected chi connectivity index (χ2v) is 4.91. The van der Waals surface area contributed by atoms with Crippen molar-refractivity contribution < 1.29 is 24.5 Å². The molecule has 1 aromatic rings. The van der Waals surface area contributed by atoms with E-state index >= 15 is 0 Å². The molecule has 0 heterocycles. The van der Waals surface area contributed by atoms with E-state index in [9.17, 15) is 14.7 Å². The van der Waals surface area contributed by atoms with Gasteiger partial charge in [0.15, 0.2) is 5.60 Å². The number of methoxy groups -OCH3 is 1. The molecule has 1 rings (SSSR count). The Hall–Kier alpha value is -2.28. The molecule has 0 saturated carbocycles. The Labute approximate surface area is 123 Å². The molecular weight excluding hydrogens is 276 g/mol. The molecule has 0 saturated heterocycles. The van der Waals surface area contributed by atoms with Crippen LogP contribution in [-0.4, -0.2) is 53.4 Å². The smallest absolute Gasteiger partial charge is 0.337 e. The first-order valence-corrected chi connectivity index (χ1v) is 6.34. The maximum atomic E-state index is 11.9. The van der Waals surface area contributed by atoms with E-state index in [4.69, 9.17) is 9.84 Å². The van der Waals surface area contributed by atoms with E-state index < -0.39 is 17.6 Å². The van der Waals surface area contributed by atoms with Crippen LogP contribution in [0.2, 0.25) is 0 Å². The highest BCUT2D eigenvalue weighted by Gasteiger charge is 2.30. The van der Waals surface area contributed by atoms with E-state index in [1.807, 2.05) is 18.2 Å². The van der Waals surface area contributed by atoms with Crippen molar-refractivity contribution in [3.8, 4) is 5.75 Å². The number of aliphatic hydroxyl groups is 1. The van der Waals surface area contributed by atoms with E-state index in [0.29, 0.717) is 12.3 Å². The maximum absolute atomic E-state index is 11.9. The van der Waals surface area contributed by atoms with E-state index in [-0.39, 0.29) is 6.54 Å². The van der Waals surface area contributed by atoms with Crippen molar-refractivity contribution in [2.45, 2.75) is 19.1 Å². The number of carboxylic acids is 1. The summed E-state index contributed by atoms with van der Waals surface area (Å²) < 4.78 is 5.20. The zero-order chi connectivity index (χ0) is 16.0. The number of amides is 2. The Bertz CT molecular complexity index is 516. The highest BCUT2D eigenvalue weighted by atomic mass is 16.5. The number of para-hydroxylation sites is 1. The molecular formula is C14H20N2O5. The van der Waals surface area contributed by atoms with Crippen LogP contribution in [0, 0.1) is 0 Å². The van der Waals surface area contributed by atoms with Crippen molar-refractivity contribution in [1.29, 1.82) is 0 Å². The molecule has 1 atom stereocenters. The summed E-state index contributed by atoms with van der Waals surface area (Å²) in [7, 11) is 3.11. The van der Waals surface area contributed by atoms with Crippen molar-refractivity contribution in [2.24, 2.45) is 0 Å². The van der Waals surface area contributed by atoms with Gasteiger partial charge in [0.2, 0.25) is 0 Å². The van der Waals surface area contributed by atoms with Gasteiger partial charge in [0, 0.05) is 12.6 Å². The third-order valence-corrected chi connectivity index (χ3v) is 2.99. The standard InChI is InChI=1S/C14H20N2O5/c1-14(20,12(17)18)9-15-13(19)16(2)8-10-6-4-5-7-11(10)21-3/h4-7,20H,8-9H2,1-3H3,(H,15,19)(H,17,18). The minimum absolute atomic E-state index is 0.297. The monoisotopic (exact) mass is 296 g/mol. The Morgan fingerprint density at radius 1 is 1.38 bits per heavy atom. The van der Waals surface area contributed by atoms with Crippen molar-refractivity contribution >= 4 is 12.0 Å². The van der Waals surface area contributed by atoms with Gasteiger partial charge in [-0.3, -0.25) is 0 Å². The Kier molecular flexibility index (Phi) is 5.54. The van der Waals surface area contributed by atoms with Crippen LogP contribution in [0.5, 0.6) is 5.75 Å². The lowest BCUT2D eigenvalue weighted by Gasteiger charge is -2.23. The summed E-state index contributed by atoms with van der Waals surface area (Å²) >= 11 is 0. The summed E-state index contributed by atoms with van der Waals surface area (Å²) in [6.45, 7) is 1.04. The third kappa shape index (κ3) is 4.64. The van der Waals surface area contributed by atoms with Gasteiger partial charge in [-0.25, -0.2) is 9.59 Å². The maximum Gasteiger partial charge on any atom is 0.337 e. The SMILES string of the molecule is COc1ccccc1CN(C)C(=O)NCC(C)(O)C(=O)O. The largest absolute Gasteiger partial charge is 0.496 e. The Balaban J connectivity index is 2.61. The van der Waals surface area contributed by atoms with Crippen molar-refractivity contribution in [3.05, 3.63) is 29.8 Å². The Morgan fingerprint density at radius 2 is 2.00 bits per heavy atom. The lowest BCUT2D eigenvalue weighted by molar-refractivity contribution is -0.155. The van der Waals surface area contributed by atoms with Crippen LogP contribution in [-0.2, 0) is 11.3 Å². The lowest BCUT2D eigenvalue weighted by atomic mass is 10.1. The van der Waals surface area contributed by atoms with Crippen molar-refractivity contribution in [3.63, 3.8) is 0 Å². The summed E-state index contributed by atoms with van der Waals surface area (Å²) in [6, 6.07) is 6.79. The molecule has 0 aliphatic heterocycles. The van der Waals surface area contributed by atoms with Gasteiger partial charge in [0.25, 0.3) is 0 Å². The third-order valence-electron chi connectivity index (χ3n) is 2.99. The first-order valence-electron chi connectivity index (χ1n) is 6.34. The molecule has 2 amide bonds. The molecule has 1 aromatic carbocycles. The lowest BCUT2D eigenvalue weighted by Crippen LogP contribution is -2.49. The molecule has 3 N–H and O–H groups in total. The molecule has 0 spiro atoms. The number of hydrogen-bond donors (Lipinski definition) is 3. The molecule has 7 nitrogen and oxygen atoms in total. The second-order valence-electron chi connectivity index (χ2n) is 4.91. The quantitative estimate of drug-likeness (QED) is 0.716. The van der Waals surface area contributed by atoms with Crippen LogP contribution >= 0.6 is 0 Å². The van der Waals surface area contributed by atoms with E-state index in [1.54, 1.807) is 20.2 Å². The fraction of sp³-hybridized carbons (Fsp3) is 0.429. The number of nitrogens with one attached hydrogen (secondary N) is 1. The number of carbonyl (C=O) groups excluding carboxylic acids is 1. The zero-order valence-corrected chi connectivity index (χ0v) is 12.3. The van der Waals surface area contributed by atoms with E-state index in [2.05, 4.69) is 5.32 Å². The summed E-state index contributed by atoms with van der Waals surface area (Å²) in [4.78, 5) is 24.0. The molecule has 0 bridgehead atoms. The highest BCUT2D eigenvalue weighted by Crippen LogP contribution is 2.18. The number of aliphatic carboxylic acids is 1. The molecule has 21 heavy (non-hydrogen) atoms. The zero-order valence-electron chi connectivity index (χ0n) is 12.3. The number of carbonyl (C=O) groups is 2. The van der Waals surface area contributed by atoms with E-state index in [0.717, 1.165) is 12.5 Å². The molecule has 0 radical (unpaired) electrons. The van der Waals surface area contributed by atoms with Gasteiger partial charge in [-0.1, -0.05) is 18.2 Å². The summed E-state index contributed by atoms with van der Waals surface area (Å²) in [5, 5.41) is 20.7. The first-order chi connectivity index (χ1) is 9.77. The average Bonchev–Trinajstić information content (AvgIpc) is 2.45. The number of ether oxygens (including phenoxy) is 1. The minimum Gasteiger partial charge on any atom is -0.496 e. The predicted octanol–water partition coefficient (Wildman–Crippen LogP) is 0.672. The minimum atomic E-state index is -2.00. The topological polar surface area (TPSA) is 99.1 Å².